The van der Waals surface area contributed by atoms with Gasteiger partial charge in [0.1, 0.15) is 0 Å². The largest absolute Gasteiger partial charge is 0.309 e. The van der Waals surface area contributed by atoms with Crippen molar-refractivity contribution in [2.24, 2.45) is 0 Å². The fraction of sp³-hybridized carbons (Fsp3) is 0. The maximum absolute atomic E-state index is 2.47. The first kappa shape index (κ1) is 24.7. The second-order valence-electron chi connectivity index (χ2n) is 11.4. The SMILES string of the molecule is c1ccc(-c2cccc(-n3c4ccccc4c4c(-n5c6ccccc6c6c(-c7ccccc7)cccc65)cccc43)c2)cc1. The first-order valence-electron chi connectivity index (χ1n) is 15.1. The van der Waals surface area contributed by atoms with E-state index in [0.717, 1.165) is 5.69 Å². The van der Waals surface area contributed by atoms with Gasteiger partial charge in [-0.25, -0.2) is 0 Å². The Morgan fingerprint density at radius 3 is 1.59 bits per heavy atom. The van der Waals surface area contributed by atoms with Crippen molar-refractivity contribution < 1.29 is 0 Å². The molecule has 206 valence electrons. The lowest BCUT2D eigenvalue weighted by Gasteiger charge is -2.12. The lowest BCUT2D eigenvalue weighted by atomic mass is 9.99. The summed E-state index contributed by atoms with van der Waals surface area (Å²) in [5.41, 5.74) is 12.1. The smallest absolute Gasteiger partial charge is 0.0562 e. The van der Waals surface area contributed by atoms with Crippen molar-refractivity contribution in [1.29, 1.82) is 0 Å². The van der Waals surface area contributed by atoms with E-state index in [2.05, 4.69) is 179 Å². The highest BCUT2D eigenvalue weighted by Gasteiger charge is 2.20. The zero-order chi connectivity index (χ0) is 29.0. The fourth-order valence-electron chi connectivity index (χ4n) is 7.06. The molecule has 9 aromatic rings. The second kappa shape index (κ2) is 9.86. The van der Waals surface area contributed by atoms with Crippen LogP contribution in [0.4, 0.5) is 0 Å². The van der Waals surface area contributed by atoms with Crippen molar-refractivity contribution in [2.45, 2.75) is 0 Å². The summed E-state index contributed by atoms with van der Waals surface area (Å²) in [5, 5.41) is 5.04. The van der Waals surface area contributed by atoms with E-state index in [0.29, 0.717) is 0 Å². The van der Waals surface area contributed by atoms with Gasteiger partial charge in [-0.3, -0.25) is 0 Å². The van der Waals surface area contributed by atoms with Gasteiger partial charge in [-0.05, 0) is 64.7 Å². The van der Waals surface area contributed by atoms with Crippen LogP contribution in [0.2, 0.25) is 0 Å². The van der Waals surface area contributed by atoms with E-state index in [1.807, 2.05) is 0 Å². The van der Waals surface area contributed by atoms with Crippen molar-refractivity contribution in [3.8, 4) is 33.6 Å². The summed E-state index contributed by atoms with van der Waals surface area (Å²) < 4.78 is 4.89. The van der Waals surface area contributed by atoms with E-state index < -0.39 is 0 Å². The van der Waals surface area contributed by atoms with Gasteiger partial charge in [-0.15, -0.1) is 0 Å². The van der Waals surface area contributed by atoms with Gasteiger partial charge in [0.2, 0.25) is 0 Å². The van der Waals surface area contributed by atoms with Gasteiger partial charge in [0.25, 0.3) is 0 Å². The van der Waals surface area contributed by atoms with Crippen LogP contribution in [0.25, 0.3) is 77.2 Å². The molecule has 0 saturated carbocycles. The van der Waals surface area contributed by atoms with Crippen LogP contribution in [0, 0.1) is 0 Å². The Balaban J connectivity index is 1.37. The number of fused-ring (bicyclic) bond motifs is 6. The molecule has 0 amide bonds. The Bertz CT molecular complexity index is 2480. The number of hydrogen-bond donors (Lipinski definition) is 0. The van der Waals surface area contributed by atoms with Crippen LogP contribution >= 0.6 is 0 Å². The average molecular weight is 561 g/mol. The van der Waals surface area contributed by atoms with Gasteiger partial charge >= 0.3 is 0 Å². The maximum atomic E-state index is 2.47. The first-order valence-corrected chi connectivity index (χ1v) is 15.1. The van der Waals surface area contributed by atoms with E-state index in [-0.39, 0.29) is 0 Å². The molecular weight excluding hydrogens is 532 g/mol. The summed E-state index contributed by atoms with van der Waals surface area (Å²) in [6, 6.07) is 61.3. The van der Waals surface area contributed by atoms with E-state index in [9.17, 15) is 0 Å². The van der Waals surface area contributed by atoms with Crippen LogP contribution in [0.3, 0.4) is 0 Å². The minimum absolute atomic E-state index is 1.16. The summed E-state index contributed by atoms with van der Waals surface area (Å²) >= 11 is 0. The minimum atomic E-state index is 1.16. The van der Waals surface area contributed by atoms with E-state index in [1.54, 1.807) is 0 Å². The van der Waals surface area contributed by atoms with Crippen molar-refractivity contribution in [2.75, 3.05) is 0 Å². The van der Waals surface area contributed by atoms with Gasteiger partial charge in [0, 0.05) is 27.2 Å². The molecule has 0 fully saturated rings. The summed E-state index contributed by atoms with van der Waals surface area (Å²) in [5.74, 6) is 0. The Morgan fingerprint density at radius 1 is 0.318 bits per heavy atom. The van der Waals surface area contributed by atoms with Crippen LogP contribution in [0.1, 0.15) is 0 Å². The van der Waals surface area contributed by atoms with Crippen LogP contribution in [0.5, 0.6) is 0 Å². The lowest BCUT2D eigenvalue weighted by Crippen LogP contribution is -1.97. The quantitative estimate of drug-likeness (QED) is 0.203. The lowest BCUT2D eigenvalue weighted by molar-refractivity contribution is 1.17. The van der Waals surface area contributed by atoms with Crippen LogP contribution in [-0.2, 0) is 0 Å². The zero-order valence-electron chi connectivity index (χ0n) is 24.1. The number of nitrogens with zero attached hydrogens (tertiary/aromatic N) is 2. The molecule has 0 atom stereocenters. The molecule has 0 aliphatic carbocycles. The van der Waals surface area contributed by atoms with Gasteiger partial charge in [0.15, 0.2) is 0 Å². The molecule has 0 saturated heterocycles. The first-order chi connectivity index (χ1) is 21.9. The Labute approximate surface area is 255 Å². The van der Waals surface area contributed by atoms with Gasteiger partial charge in [0.05, 0.1) is 27.8 Å². The Morgan fingerprint density at radius 2 is 0.841 bits per heavy atom. The Kier molecular flexibility index (Phi) is 5.54. The highest BCUT2D eigenvalue weighted by atomic mass is 15.0. The Hall–Kier alpha value is -5.86. The zero-order valence-corrected chi connectivity index (χ0v) is 24.1. The van der Waals surface area contributed by atoms with Crippen molar-refractivity contribution >= 4 is 43.6 Å². The second-order valence-corrected chi connectivity index (χ2v) is 11.4. The molecule has 2 nitrogen and oxygen atoms in total. The molecule has 2 heteroatoms. The summed E-state index contributed by atoms with van der Waals surface area (Å²) in [7, 11) is 0. The molecule has 0 N–H and O–H groups in total. The molecule has 0 bridgehead atoms. The van der Waals surface area contributed by atoms with Crippen molar-refractivity contribution in [3.05, 3.63) is 170 Å². The predicted molar refractivity (Wildman–Crippen MR) is 186 cm³/mol. The third-order valence-electron chi connectivity index (χ3n) is 8.91. The predicted octanol–water partition coefficient (Wildman–Crippen LogP) is 11.2. The standard InChI is InChI=1S/C42H28N2/c1-3-14-29(15-4-1)31-18-11-19-32(28-31)43-36-23-9-8-21-35(36)42-39(43)26-13-27-40(42)44-37-24-10-7-20-34(37)41-33(22-12-25-38(41)44)30-16-5-2-6-17-30/h1-28H. The molecule has 2 aromatic heterocycles. The summed E-state index contributed by atoms with van der Waals surface area (Å²) in [4.78, 5) is 0. The van der Waals surface area contributed by atoms with Crippen molar-refractivity contribution in [3.63, 3.8) is 0 Å². The van der Waals surface area contributed by atoms with Gasteiger partial charge in [-0.2, -0.15) is 0 Å². The molecule has 9 rings (SSSR count). The van der Waals surface area contributed by atoms with E-state index in [4.69, 9.17) is 0 Å². The monoisotopic (exact) mass is 560 g/mol. The number of para-hydroxylation sites is 2. The van der Waals surface area contributed by atoms with E-state index >= 15 is 0 Å². The van der Waals surface area contributed by atoms with E-state index in [1.165, 1.54) is 71.6 Å². The molecule has 2 heterocycles. The maximum Gasteiger partial charge on any atom is 0.0562 e. The number of rotatable bonds is 4. The third-order valence-corrected chi connectivity index (χ3v) is 8.91. The number of aromatic nitrogens is 2. The van der Waals surface area contributed by atoms with Crippen molar-refractivity contribution in [1.82, 2.24) is 9.13 Å². The molecule has 0 unspecified atom stereocenters. The average Bonchev–Trinajstić information content (AvgIpc) is 3.62. The highest BCUT2D eigenvalue weighted by molar-refractivity contribution is 6.19. The highest BCUT2D eigenvalue weighted by Crippen LogP contribution is 2.42. The number of hydrogen-bond acceptors (Lipinski definition) is 0. The normalized spacial score (nSPS) is 11.6. The molecule has 7 aromatic carbocycles. The molecule has 0 spiro atoms. The molecule has 0 aliphatic rings. The van der Waals surface area contributed by atoms with Gasteiger partial charge in [-0.1, -0.05) is 127 Å². The summed E-state index contributed by atoms with van der Waals surface area (Å²) in [6.45, 7) is 0. The third kappa shape index (κ3) is 3.68. The van der Waals surface area contributed by atoms with Gasteiger partial charge < -0.3 is 9.13 Å². The molecule has 0 aliphatic heterocycles. The van der Waals surface area contributed by atoms with Crippen LogP contribution < -0.4 is 0 Å². The molecule has 44 heavy (non-hydrogen) atoms. The van der Waals surface area contributed by atoms with Crippen LogP contribution in [-0.4, -0.2) is 9.13 Å². The molecule has 0 radical (unpaired) electrons. The minimum Gasteiger partial charge on any atom is -0.309 e. The molecular formula is C42H28N2. The topological polar surface area (TPSA) is 9.86 Å². The number of benzene rings is 7. The fourth-order valence-corrected chi connectivity index (χ4v) is 7.06. The summed E-state index contributed by atoms with van der Waals surface area (Å²) in [6.07, 6.45) is 0. The van der Waals surface area contributed by atoms with Crippen LogP contribution in [0.15, 0.2) is 170 Å².